The maximum atomic E-state index is 4.48. The highest BCUT2D eigenvalue weighted by Gasteiger charge is 2.06. The number of hydrogen-bond acceptors (Lipinski definition) is 2. The molecule has 1 aromatic heterocycles. The molecule has 2 rings (SSSR count). The van der Waals surface area contributed by atoms with Gasteiger partial charge >= 0.3 is 0 Å². The van der Waals surface area contributed by atoms with Crippen LogP contribution in [-0.2, 0) is 6.54 Å². The van der Waals surface area contributed by atoms with Crippen LogP contribution in [0.5, 0.6) is 0 Å². The van der Waals surface area contributed by atoms with Crippen LogP contribution in [0.15, 0.2) is 30.5 Å². The fraction of sp³-hybridized carbons (Fsp3) is 0.562. The van der Waals surface area contributed by atoms with Gasteiger partial charge < -0.3 is 5.32 Å². The summed E-state index contributed by atoms with van der Waals surface area (Å²) in [6.45, 7) is 6.62. The van der Waals surface area contributed by atoms with Crippen LogP contribution in [0.25, 0.3) is 10.9 Å². The van der Waals surface area contributed by atoms with Crippen LogP contribution in [0.4, 0.5) is 0 Å². The maximum Gasteiger partial charge on any atom is 0.0682 e. The van der Waals surface area contributed by atoms with Gasteiger partial charge in [0.1, 0.15) is 0 Å². The molecule has 0 amide bonds. The summed E-state index contributed by atoms with van der Waals surface area (Å²) in [7, 11) is 0. The highest BCUT2D eigenvalue weighted by molar-refractivity contribution is 5.78. The second kappa shape index (κ2) is 7.29. The minimum absolute atomic E-state index is 0.654. The molecule has 0 saturated carbocycles. The Kier molecular flexibility index (Phi) is 5.40. The number of fused-ring (bicyclic) bond motifs is 1. The van der Waals surface area contributed by atoms with Gasteiger partial charge in [-0.3, -0.25) is 4.68 Å². The van der Waals surface area contributed by atoms with E-state index in [4.69, 9.17) is 0 Å². The number of rotatable bonds is 8. The average Bonchev–Trinajstić information content (AvgIpc) is 2.86. The molecule has 0 radical (unpaired) electrons. The highest BCUT2D eigenvalue weighted by Crippen LogP contribution is 2.13. The number of hydrogen-bond donors (Lipinski definition) is 1. The fourth-order valence-electron chi connectivity index (χ4n) is 2.49. The first-order valence-electron chi connectivity index (χ1n) is 7.49. The van der Waals surface area contributed by atoms with E-state index in [9.17, 15) is 0 Å². The molecule has 1 heterocycles. The highest BCUT2D eigenvalue weighted by atomic mass is 15.3. The predicted octanol–water partition coefficient (Wildman–Crippen LogP) is 3.59. The zero-order valence-electron chi connectivity index (χ0n) is 12.1. The van der Waals surface area contributed by atoms with Crippen molar-refractivity contribution >= 4 is 10.9 Å². The van der Waals surface area contributed by atoms with Gasteiger partial charge in [-0.2, -0.15) is 5.10 Å². The average molecular weight is 259 g/mol. The van der Waals surface area contributed by atoms with Gasteiger partial charge in [-0.15, -0.1) is 0 Å². The molecule has 2 aromatic rings. The van der Waals surface area contributed by atoms with Crippen LogP contribution in [0.2, 0.25) is 0 Å². The van der Waals surface area contributed by atoms with Gasteiger partial charge in [0.2, 0.25) is 0 Å². The molecule has 1 N–H and O–H groups in total. The third-order valence-electron chi connectivity index (χ3n) is 3.65. The Morgan fingerprint density at radius 3 is 2.89 bits per heavy atom. The zero-order valence-corrected chi connectivity index (χ0v) is 12.1. The fourth-order valence-corrected chi connectivity index (χ4v) is 2.49. The summed E-state index contributed by atoms with van der Waals surface area (Å²) in [4.78, 5) is 0. The molecular formula is C16H25N3. The third kappa shape index (κ3) is 3.80. The summed E-state index contributed by atoms with van der Waals surface area (Å²) in [5.41, 5.74) is 1.25. The van der Waals surface area contributed by atoms with Crippen molar-refractivity contribution in [3.8, 4) is 0 Å². The number of nitrogens with one attached hydrogen (secondary N) is 1. The summed E-state index contributed by atoms with van der Waals surface area (Å²) in [6.07, 6.45) is 6.79. The molecule has 3 nitrogen and oxygen atoms in total. The standard InChI is InChI=1S/C16H25N3/c1-3-11-17-15(4-2)9-7-12-19-16-10-6-5-8-14(16)13-18-19/h5-6,8,10,13,15,17H,3-4,7,9,11-12H2,1-2H3. The Hall–Kier alpha value is -1.35. The molecule has 1 aromatic carbocycles. The lowest BCUT2D eigenvalue weighted by molar-refractivity contribution is 0.434. The van der Waals surface area contributed by atoms with Crippen molar-refractivity contribution in [1.29, 1.82) is 0 Å². The minimum Gasteiger partial charge on any atom is -0.314 e. The van der Waals surface area contributed by atoms with Crippen LogP contribution in [0, 0.1) is 0 Å². The number of nitrogens with zero attached hydrogens (tertiary/aromatic N) is 2. The van der Waals surface area contributed by atoms with Gasteiger partial charge in [-0.05, 0) is 38.3 Å². The van der Waals surface area contributed by atoms with E-state index in [0.29, 0.717) is 6.04 Å². The van der Waals surface area contributed by atoms with Gasteiger partial charge in [-0.1, -0.05) is 32.0 Å². The van der Waals surface area contributed by atoms with Gasteiger partial charge in [-0.25, -0.2) is 0 Å². The minimum atomic E-state index is 0.654. The molecule has 1 unspecified atom stereocenters. The Morgan fingerprint density at radius 1 is 1.26 bits per heavy atom. The monoisotopic (exact) mass is 259 g/mol. The summed E-state index contributed by atoms with van der Waals surface area (Å²) in [5, 5.41) is 9.32. The van der Waals surface area contributed by atoms with Crippen molar-refractivity contribution < 1.29 is 0 Å². The molecule has 3 heteroatoms. The summed E-state index contributed by atoms with van der Waals surface area (Å²) >= 11 is 0. The lowest BCUT2D eigenvalue weighted by Crippen LogP contribution is -2.29. The topological polar surface area (TPSA) is 29.9 Å². The van der Waals surface area contributed by atoms with Crippen molar-refractivity contribution in [1.82, 2.24) is 15.1 Å². The van der Waals surface area contributed by atoms with Gasteiger partial charge in [0.15, 0.2) is 0 Å². The van der Waals surface area contributed by atoms with Crippen LogP contribution < -0.4 is 5.32 Å². The number of aromatic nitrogens is 2. The summed E-state index contributed by atoms with van der Waals surface area (Å²) in [5.74, 6) is 0. The normalized spacial score (nSPS) is 12.9. The van der Waals surface area contributed by atoms with Gasteiger partial charge in [0.25, 0.3) is 0 Å². The quantitative estimate of drug-likeness (QED) is 0.785. The van der Waals surface area contributed by atoms with Crippen molar-refractivity contribution in [3.05, 3.63) is 30.5 Å². The second-order valence-corrected chi connectivity index (χ2v) is 5.13. The molecule has 0 fully saturated rings. The first-order valence-corrected chi connectivity index (χ1v) is 7.49. The molecule has 0 aliphatic rings. The van der Waals surface area contributed by atoms with Crippen molar-refractivity contribution in [2.75, 3.05) is 6.54 Å². The van der Waals surface area contributed by atoms with E-state index in [1.807, 2.05) is 6.20 Å². The number of para-hydroxylation sites is 1. The van der Waals surface area contributed by atoms with E-state index in [-0.39, 0.29) is 0 Å². The van der Waals surface area contributed by atoms with Gasteiger partial charge in [0.05, 0.1) is 11.7 Å². The van der Waals surface area contributed by atoms with E-state index < -0.39 is 0 Å². The molecule has 0 saturated heterocycles. The Balaban J connectivity index is 1.85. The zero-order chi connectivity index (χ0) is 13.5. The van der Waals surface area contributed by atoms with E-state index in [1.165, 1.54) is 36.6 Å². The van der Waals surface area contributed by atoms with E-state index >= 15 is 0 Å². The lowest BCUT2D eigenvalue weighted by Gasteiger charge is -2.16. The first-order chi connectivity index (χ1) is 9.35. The molecule has 0 aliphatic heterocycles. The Morgan fingerprint density at radius 2 is 2.11 bits per heavy atom. The summed E-state index contributed by atoms with van der Waals surface area (Å²) < 4.78 is 2.13. The summed E-state index contributed by atoms with van der Waals surface area (Å²) in [6, 6.07) is 9.07. The van der Waals surface area contributed by atoms with E-state index in [0.717, 1.165) is 13.1 Å². The third-order valence-corrected chi connectivity index (χ3v) is 3.65. The lowest BCUT2D eigenvalue weighted by atomic mass is 10.1. The SMILES string of the molecule is CCCNC(CC)CCCn1ncc2ccccc21. The van der Waals surface area contributed by atoms with E-state index in [2.05, 4.69) is 53.2 Å². The Labute approximate surface area is 116 Å². The first kappa shape index (κ1) is 14.1. The molecular weight excluding hydrogens is 234 g/mol. The molecule has 0 spiro atoms. The van der Waals surface area contributed by atoms with Crippen LogP contribution in [0.3, 0.4) is 0 Å². The smallest absolute Gasteiger partial charge is 0.0682 e. The van der Waals surface area contributed by atoms with Crippen molar-refractivity contribution in [3.63, 3.8) is 0 Å². The van der Waals surface area contributed by atoms with Crippen LogP contribution >= 0.6 is 0 Å². The number of aryl methyl sites for hydroxylation is 1. The maximum absolute atomic E-state index is 4.48. The Bertz CT molecular complexity index is 489. The number of benzene rings is 1. The van der Waals surface area contributed by atoms with Crippen LogP contribution in [-0.4, -0.2) is 22.4 Å². The van der Waals surface area contributed by atoms with Gasteiger partial charge in [0, 0.05) is 18.0 Å². The van der Waals surface area contributed by atoms with Crippen molar-refractivity contribution in [2.24, 2.45) is 0 Å². The van der Waals surface area contributed by atoms with Crippen LogP contribution in [0.1, 0.15) is 39.5 Å². The van der Waals surface area contributed by atoms with Crippen molar-refractivity contribution in [2.45, 2.75) is 52.1 Å². The molecule has 104 valence electrons. The predicted molar refractivity (Wildman–Crippen MR) is 81.3 cm³/mol. The molecule has 0 aliphatic carbocycles. The molecule has 1 atom stereocenters. The van der Waals surface area contributed by atoms with E-state index in [1.54, 1.807) is 0 Å². The molecule has 19 heavy (non-hydrogen) atoms. The second-order valence-electron chi connectivity index (χ2n) is 5.13. The largest absolute Gasteiger partial charge is 0.314 e. The molecule has 0 bridgehead atoms.